The smallest absolute Gasteiger partial charge is 0.244 e. The van der Waals surface area contributed by atoms with Gasteiger partial charge in [0, 0.05) is 18.2 Å². The van der Waals surface area contributed by atoms with Gasteiger partial charge in [0.1, 0.15) is 10.6 Å². The van der Waals surface area contributed by atoms with Crippen molar-refractivity contribution >= 4 is 38.1 Å². The molecule has 0 amide bonds. The zero-order chi connectivity index (χ0) is 17.9. The van der Waals surface area contributed by atoms with Crippen LogP contribution in [0.3, 0.4) is 0 Å². The van der Waals surface area contributed by atoms with E-state index in [9.17, 15) is 16.8 Å². The molecule has 140 valence electrons. The lowest BCUT2D eigenvalue weighted by atomic mass is 10.1. The fraction of sp³-hybridized carbons (Fsp3) is 0.538. The van der Waals surface area contributed by atoms with Gasteiger partial charge in [-0.3, -0.25) is 4.72 Å². The lowest BCUT2D eigenvalue weighted by molar-refractivity contribution is 0.400. The van der Waals surface area contributed by atoms with Crippen molar-refractivity contribution in [2.24, 2.45) is 5.73 Å². The molecule has 0 radical (unpaired) electrons. The Morgan fingerprint density at radius 2 is 1.79 bits per heavy atom. The molecule has 0 aliphatic carbocycles. The highest BCUT2D eigenvalue weighted by molar-refractivity contribution is 7.92. The number of methoxy groups -OCH3 is 1. The number of hydrogen-bond donors (Lipinski definition) is 3. The first kappa shape index (κ1) is 22.9. The molecule has 24 heavy (non-hydrogen) atoms. The Labute approximate surface area is 149 Å². The van der Waals surface area contributed by atoms with Crippen molar-refractivity contribution in [2.75, 3.05) is 24.1 Å². The maximum atomic E-state index is 12.5. The minimum absolute atomic E-state index is 0. The van der Waals surface area contributed by atoms with E-state index >= 15 is 0 Å². The number of nitrogens with two attached hydrogens (primary N) is 1. The first-order valence-corrected chi connectivity index (χ1v) is 10.0. The molecule has 1 aromatic carbocycles. The van der Waals surface area contributed by atoms with Gasteiger partial charge in [-0.1, -0.05) is 0 Å². The van der Waals surface area contributed by atoms with Crippen molar-refractivity contribution in [1.29, 1.82) is 0 Å². The van der Waals surface area contributed by atoms with Crippen LogP contribution in [0, 0.1) is 0 Å². The third kappa shape index (κ3) is 6.10. The Morgan fingerprint density at radius 3 is 2.25 bits per heavy atom. The van der Waals surface area contributed by atoms with Crippen molar-refractivity contribution in [3.05, 3.63) is 18.2 Å². The van der Waals surface area contributed by atoms with E-state index in [1.54, 1.807) is 13.8 Å². The number of benzene rings is 1. The normalized spacial score (nSPS) is 12.4. The Balaban J connectivity index is 0.00000529. The minimum Gasteiger partial charge on any atom is -0.495 e. The Morgan fingerprint density at radius 1 is 1.21 bits per heavy atom. The molecule has 0 heterocycles. The van der Waals surface area contributed by atoms with Crippen LogP contribution in [0.15, 0.2) is 23.1 Å². The number of hydrogen-bond acceptors (Lipinski definition) is 6. The van der Waals surface area contributed by atoms with Crippen molar-refractivity contribution in [3.63, 3.8) is 0 Å². The topological polar surface area (TPSA) is 128 Å². The lowest BCUT2D eigenvalue weighted by Gasteiger charge is -2.24. The number of sulfonamides is 2. The van der Waals surface area contributed by atoms with Crippen molar-refractivity contribution < 1.29 is 21.6 Å². The van der Waals surface area contributed by atoms with Gasteiger partial charge in [0.25, 0.3) is 0 Å². The van der Waals surface area contributed by atoms with Gasteiger partial charge in [0.2, 0.25) is 20.0 Å². The first-order valence-electron chi connectivity index (χ1n) is 6.89. The zero-order valence-corrected chi connectivity index (χ0v) is 16.4. The maximum absolute atomic E-state index is 12.5. The van der Waals surface area contributed by atoms with E-state index in [4.69, 9.17) is 10.5 Å². The highest BCUT2D eigenvalue weighted by Crippen LogP contribution is 2.28. The number of nitrogens with one attached hydrogen (secondary N) is 2. The van der Waals surface area contributed by atoms with Gasteiger partial charge in [-0.2, -0.15) is 0 Å². The molecule has 1 aromatic rings. The van der Waals surface area contributed by atoms with E-state index in [1.165, 1.54) is 32.2 Å². The summed E-state index contributed by atoms with van der Waals surface area (Å²) in [5.74, 6) is -0.0663. The van der Waals surface area contributed by atoms with Gasteiger partial charge in [-0.05, 0) is 32.9 Å². The number of rotatable bonds is 8. The molecule has 0 fully saturated rings. The molecule has 11 heteroatoms. The number of anilines is 1. The average Bonchev–Trinajstić information content (AvgIpc) is 2.45. The molecule has 0 unspecified atom stereocenters. The highest BCUT2D eigenvalue weighted by Gasteiger charge is 2.27. The predicted molar refractivity (Wildman–Crippen MR) is 96.8 cm³/mol. The summed E-state index contributed by atoms with van der Waals surface area (Å²) >= 11 is 0. The summed E-state index contributed by atoms with van der Waals surface area (Å²) in [6.07, 6.45) is 0. The molecule has 0 saturated carbocycles. The molecule has 0 spiro atoms. The SMILES string of the molecule is CCS(=O)(=O)Nc1ccc(S(=O)(=O)NC(C)(C)CN)c(OC)c1.Cl. The van der Waals surface area contributed by atoms with Crippen molar-refractivity contribution in [1.82, 2.24) is 4.72 Å². The summed E-state index contributed by atoms with van der Waals surface area (Å²) in [7, 11) is -6.03. The Kier molecular flexibility index (Phi) is 7.97. The molecule has 0 atom stereocenters. The summed E-state index contributed by atoms with van der Waals surface area (Å²) < 4.78 is 58.0. The van der Waals surface area contributed by atoms with Gasteiger partial charge in [0.15, 0.2) is 0 Å². The van der Waals surface area contributed by atoms with E-state index in [2.05, 4.69) is 9.44 Å². The third-order valence-corrected chi connectivity index (χ3v) is 6.07. The molecule has 0 aromatic heterocycles. The van der Waals surface area contributed by atoms with Crippen LogP contribution in [0.4, 0.5) is 5.69 Å². The van der Waals surface area contributed by atoms with Gasteiger partial charge in [-0.15, -0.1) is 12.4 Å². The Hall–Kier alpha value is -1.07. The Bertz CT molecular complexity index is 764. The third-order valence-electron chi connectivity index (χ3n) is 3.03. The van der Waals surface area contributed by atoms with Gasteiger partial charge in [0.05, 0.1) is 18.6 Å². The minimum atomic E-state index is -3.87. The monoisotopic (exact) mass is 401 g/mol. The molecule has 0 bridgehead atoms. The molecular formula is C13H24ClN3O5S2. The molecule has 0 aliphatic rings. The molecular weight excluding hydrogens is 378 g/mol. The second-order valence-corrected chi connectivity index (χ2v) is 9.23. The van der Waals surface area contributed by atoms with Crippen molar-refractivity contribution in [2.45, 2.75) is 31.2 Å². The van der Waals surface area contributed by atoms with Crippen LogP contribution in [0.5, 0.6) is 5.75 Å². The van der Waals surface area contributed by atoms with Crippen LogP contribution in [0.25, 0.3) is 0 Å². The van der Waals surface area contributed by atoms with E-state index in [0.717, 1.165) is 0 Å². The van der Waals surface area contributed by atoms with Crippen LogP contribution in [-0.4, -0.2) is 41.8 Å². The molecule has 8 nitrogen and oxygen atoms in total. The van der Waals surface area contributed by atoms with Gasteiger partial charge < -0.3 is 10.5 Å². The van der Waals surface area contributed by atoms with Crippen molar-refractivity contribution in [3.8, 4) is 5.75 Å². The van der Waals surface area contributed by atoms with E-state index in [1.807, 2.05) is 0 Å². The number of ether oxygens (including phenoxy) is 1. The predicted octanol–water partition coefficient (Wildman–Crippen LogP) is 0.894. The average molecular weight is 402 g/mol. The summed E-state index contributed by atoms with van der Waals surface area (Å²) in [5.41, 5.74) is 4.93. The standard InChI is InChI=1S/C13H23N3O5S2.ClH/c1-5-22(17,18)15-10-6-7-12(11(8-10)21-4)23(19,20)16-13(2,3)9-14;/h6-8,15-16H,5,9,14H2,1-4H3;1H. The van der Waals surface area contributed by atoms with Crippen LogP contribution < -0.4 is 19.9 Å². The molecule has 4 N–H and O–H groups in total. The fourth-order valence-corrected chi connectivity index (χ4v) is 3.87. The molecule has 0 aliphatic heterocycles. The molecule has 1 rings (SSSR count). The van der Waals surface area contributed by atoms with Crippen LogP contribution in [-0.2, 0) is 20.0 Å². The summed E-state index contributed by atoms with van der Waals surface area (Å²) in [5, 5.41) is 0. The zero-order valence-electron chi connectivity index (χ0n) is 14.0. The second-order valence-electron chi connectivity index (χ2n) is 5.56. The summed E-state index contributed by atoms with van der Waals surface area (Å²) in [4.78, 5) is -0.0963. The maximum Gasteiger partial charge on any atom is 0.244 e. The number of halogens is 1. The lowest BCUT2D eigenvalue weighted by Crippen LogP contribution is -2.48. The van der Waals surface area contributed by atoms with Gasteiger partial charge in [-0.25, -0.2) is 21.6 Å². The first-order chi connectivity index (χ1) is 10.5. The summed E-state index contributed by atoms with van der Waals surface area (Å²) in [6, 6.07) is 3.96. The van der Waals surface area contributed by atoms with Crippen LogP contribution in [0.1, 0.15) is 20.8 Å². The van der Waals surface area contributed by atoms with E-state index < -0.39 is 25.6 Å². The van der Waals surface area contributed by atoms with E-state index in [-0.39, 0.29) is 41.0 Å². The fourth-order valence-electron chi connectivity index (χ4n) is 1.67. The summed E-state index contributed by atoms with van der Waals surface area (Å²) in [6.45, 7) is 4.92. The molecule has 0 saturated heterocycles. The largest absolute Gasteiger partial charge is 0.495 e. The van der Waals surface area contributed by atoms with Crippen LogP contribution in [0.2, 0.25) is 0 Å². The second kappa shape index (κ2) is 8.34. The van der Waals surface area contributed by atoms with E-state index in [0.29, 0.717) is 0 Å². The quantitative estimate of drug-likeness (QED) is 0.593. The highest BCUT2D eigenvalue weighted by atomic mass is 35.5. The van der Waals surface area contributed by atoms with Gasteiger partial charge >= 0.3 is 0 Å². The van der Waals surface area contributed by atoms with Crippen LogP contribution >= 0.6 is 12.4 Å².